The summed E-state index contributed by atoms with van der Waals surface area (Å²) >= 11 is 0. The third-order valence-corrected chi connectivity index (χ3v) is 2.32. The fourth-order valence-electron chi connectivity index (χ4n) is 1.52. The second kappa shape index (κ2) is 11.1. The fourth-order valence-corrected chi connectivity index (χ4v) is 1.52. The summed E-state index contributed by atoms with van der Waals surface area (Å²) in [6, 6.07) is 13.3. The zero-order valence-corrected chi connectivity index (χ0v) is 13.3. The number of hydrogen-bond donors (Lipinski definition) is 1. The van der Waals surface area contributed by atoms with Gasteiger partial charge in [-0.3, -0.25) is 6.08 Å². The first-order valence-electron chi connectivity index (χ1n) is 5.26. The number of fused-ring (bicyclic) bond motifs is 1. The van der Waals surface area contributed by atoms with Crippen molar-refractivity contribution in [2.45, 2.75) is 6.42 Å². The van der Waals surface area contributed by atoms with E-state index in [4.69, 9.17) is 5.11 Å². The molecule has 0 spiro atoms. The van der Waals surface area contributed by atoms with Crippen LogP contribution in [-0.2, 0) is 21.7 Å². The van der Waals surface area contributed by atoms with Crippen molar-refractivity contribution >= 4 is 10.8 Å². The van der Waals surface area contributed by atoms with Crippen LogP contribution in [0.25, 0.3) is 10.8 Å². The van der Waals surface area contributed by atoms with Gasteiger partial charge in [-0.15, -0.1) is 6.42 Å². The Kier molecular flexibility index (Phi) is 12.1. The average Bonchev–Trinajstić information content (AvgIpc) is 2.87. The van der Waals surface area contributed by atoms with E-state index in [1.54, 1.807) is 12.1 Å². The normalized spacial score (nSPS) is 10.5. The topological polar surface area (TPSA) is 20.2 Å². The van der Waals surface area contributed by atoms with Gasteiger partial charge in [0.05, 0.1) is 0 Å². The van der Waals surface area contributed by atoms with E-state index in [1.807, 2.05) is 42.5 Å². The van der Waals surface area contributed by atoms with Crippen LogP contribution in [0.15, 0.2) is 60.7 Å². The molecule has 1 aliphatic rings. The Morgan fingerprint density at radius 1 is 0.947 bits per heavy atom. The molecule has 3 rings (SSSR count). The van der Waals surface area contributed by atoms with Gasteiger partial charge in [-0.1, -0.05) is 30.3 Å². The Morgan fingerprint density at radius 2 is 1.63 bits per heavy atom. The third-order valence-electron chi connectivity index (χ3n) is 2.32. The first kappa shape index (κ1) is 20.6. The van der Waals surface area contributed by atoms with E-state index in [0.29, 0.717) is 5.75 Å². The zero-order chi connectivity index (χ0) is 11.2. The van der Waals surface area contributed by atoms with Crippen molar-refractivity contribution in [2.24, 2.45) is 0 Å². The van der Waals surface area contributed by atoms with Gasteiger partial charge in [0.1, 0.15) is 5.75 Å². The molecule has 19 heavy (non-hydrogen) atoms. The maximum Gasteiger partial charge on any atom is 3.00 e. The molecular formula is C15H13Cl2OTi. The summed E-state index contributed by atoms with van der Waals surface area (Å²) in [6.07, 6.45) is 10.0. The van der Waals surface area contributed by atoms with Gasteiger partial charge in [0.25, 0.3) is 0 Å². The van der Waals surface area contributed by atoms with E-state index in [9.17, 15) is 0 Å². The molecule has 0 saturated carbocycles. The number of hydrogen-bond acceptors (Lipinski definition) is 1. The number of benzene rings is 2. The van der Waals surface area contributed by atoms with Crippen LogP contribution in [-0.4, -0.2) is 5.11 Å². The molecule has 1 aliphatic carbocycles. The SMILES string of the molecule is Oc1ccc2ccccc2c1.[C-]1=CC=CC1.[Cl-].[Cl-].[Ti+3]. The van der Waals surface area contributed by atoms with Gasteiger partial charge in [0.2, 0.25) is 0 Å². The summed E-state index contributed by atoms with van der Waals surface area (Å²) in [6.45, 7) is 0. The van der Waals surface area contributed by atoms with Crippen molar-refractivity contribution in [3.63, 3.8) is 0 Å². The Hall–Kier alpha value is -0.726. The number of halogens is 2. The molecule has 0 unspecified atom stereocenters. The van der Waals surface area contributed by atoms with Crippen LogP contribution < -0.4 is 24.8 Å². The van der Waals surface area contributed by atoms with Gasteiger partial charge >= 0.3 is 21.7 Å². The van der Waals surface area contributed by atoms with Gasteiger partial charge in [-0.2, -0.15) is 6.08 Å². The van der Waals surface area contributed by atoms with E-state index in [0.717, 1.165) is 17.2 Å². The van der Waals surface area contributed by atoms with Crippen molar-refractivity contribution in [1.82, 2.24) is 0 Å². The van der Waals surface area contributed by atoms with E-state index in [2.05, 4.69) is 12.2 Å². The smallest absolute Gasteiger partial charge is 1.00 e. The minimum Gasteiger partial charge on any atom is -1.00 e. The maximum absolute atomic E-state index is 9.13. The van der Waals surface area contributed by atoms with E-state index in [-0.39, 0.29) is 46.5 Å². The third kappa shape index (κ3) is 6.84. The maximum atomic E-state index is 9.13. The second-order valence-electron chi connectivity index (χ2n) is 3.53. The largest absolute Gasteiger partial charge is 3.00 e. The molecule has 1 nitrogen and oxygen atoms in total. The van der Waals surface area contributed by atoms with Gasteiger partial charge < -0.3 is 29.9 Å². The minimum absolute atomic E-state index is 0. The van der Waals surface area contributed by atoms with Crippen molar-refractivity contribution in [1.29, 1.82) is 0 Å². The van der Waals surface area contributed by atoms with E-state index in [1.165, 1.54) is 0 Å². The molecule has 0 amide bonds. The molecule has 0 bridgehead atoms. The van der Waals surface area contributed by atoms with Crippen LogP contribution in [0, 0.1) is 6.08 Å². The van der Waals surface area contributed by atoms with Gasteiger partial charge in [-0.25, -0.2) is 12.2 Å². The average molecular weight is 328 g/mol. The Bertz CT molecular complexity index is 528. The van der Waals surface area contributed by atoms with Crippen molar-refractivity contribution in [3.8, 4) is 5.75 Å². The van der Waals surface area contributed by atoms with Crippen LogP contribution in [0.1, 0.15) is 6.42 Å². The molecule has 0 atom stereocenters. The Balaban J connectivity index is 0. The number of rotatable bonds is 0. The quantitative estimate of drug-likeness (QED) is 0.432. The molecule has 2 aromatic carbocycles. The predicted octanol–water partition coefficient (Wildman–Crippen LogP) is -2.14. The Labute approximate surface area is 141 Å². The summed E-state index contributed by atoms with van der Waals surface area (Å²) < 4.78 is 0. The van der Waals surface area contributed by atoms with Crippen molar-refractivity contribution in [2.75, 3.05) is 0 Å². The van der Waals surface area contributed by atoms with E-state index < -0.39 is 0 Å². The second-order valence-corrected chi connectivity index (χ2v) is 3.53. The number of allylic oxidation sites excluding steroid dienone is 4. The molecule has 1 radical (unpaired) electrons. The molecule has 1 N–H and O–H groups in total. The molecule has 0 aliphatic heterocycles. The number of phenols is 1. The standard InChI is InChI=1S/C10H8O.C5H5.2ClH.Ti/c11-10-6-5-8-3-1-2-4-9(8)7-10;1-2-4-5-3-1;;;/h1-7,11H;1-3H,4H2;2*1H;/q;-1;;;+3/p-2. The minimum atomic E-state index is 0. The molecule has 2 aromatic rings. The summed E-state index contributed by atoms with van der Waals surface area (Å²) in [5.74, 6) is 0.323. The van der Waals surface area contributed by atoms with Crippen LogP contribution in [0.2, 0.25) is 0 Å². The molecule has 0 heterocycles. The zero-order valence-electron chi connectivity index (χ0n) is 10.2. The first-order valence-corrected chi connectivity index (χ1v) is 5.26. The monoisotopic (exact) mass is 327 g/mol. The van der Waals surface area contributed by atoms with Gasteiger partial charge in [-0.05, 0) is 22.9 Å². The molecular weight excluding hydrogens is 315 g/mol. The van der Waals surface area contributed by atoms with E-state index >= 15 is 0 Å². The van der Waals surface area contributed by atoms with Crippen molar-refractivity contribution < 1.29 is 51.6 Å². The summed E-state index contributed by atoms with van der Waals surface area (Å²) in [5, 5.41) is 11.4. The molecule has 4 heteroatoms. The Morgan fingerprint density at radius 3 is 2.16 bits per heavy atom. The summed E-state index contributed by atoms with van der Waals surface area (Å²) in [5.41, 5.74) is 0. The van der Waals surface area contributed by atoms with Gasteiger partial charge in [0.15, 0.2) is 0 Å². The molecule has 0 saturated heterocycles. The van der Waals surface area contributed by atoms with Crippen LogP contribution >= 0.6 is 0 Å². The number of phenolic OH excluding ortho intramolecular Hbond substituents is 1. The van der Waals surface area contributed by atoms with Gasteiger partial charge in [0, 0.05) is 0 Å². The number of aromatic hydroxyl groups is 1. The molecule has 97 valence electrons. The van der Waals surface area contributed by atoms with Crippen LogP contribution in [0.3, 0.4) is 0 Å². The van der Waals surface area contributed by atoms with Crippen molar-refractivity contribution in [3.05, 3.63) is 66.8 Å². The van der Waals surface area contributed by atoms with Crippen LogP contribution in [0.4, 0.5) is 0 Å². The summed E-state index contributed by atoms with van der Waals surface area (Å²) in [7, 11) is 0. The first-order chi connectivity index (χ1) is 7.86. The summed E-state index contributed by atoms with van der Waals surface area (Å²) in [4.78, 5) is 0. The molecule has 0 aromatic heterocycles. The predicted molar refractivity (Wildman–Crippen MR) is 67.2 cm³/mol. The fraction of sp³-hybridized carbons (Fsp3) is 0.0667. The van der Waals surface area contributed by atoms with Crippen LogP contribution in [0.5, 0.6) is 5.75 Å². The molecule has 0 fully saturated rings.